The molecule has 1 amide bonds. The lowest BCUT2D eigenvalue weighted by Crippen LogP contribution is -2.40. The molecule has 112 valence electrons. The molecular formula is C12H13ClF3NO3. The van der Waals surface area contributed by atoms with Crippen LogP contribution in [0.15, 0.2) is 18.2 Å². The quantitative estimate of drug-likeness (QED) is 0.851. The Kier molecular flexibility index (Phi) is 5.50. The Morgan fingerprint density at radius 1 is 1.45 bits per heavy atom. The van der Waals surface area contributed by atoms with Crippen LogP contribution in [0.25, 0.3) is 0 Å². The zero-order valence-corrected chi connectivity index (χ0v) is 11.3. The van der Waals surface area contributed by atoms with Crippen molar-refractivity contribution in [2.45, 2.75) is 6.18 Å². The van der Waals surface area contributed by atoms with Gasteiger partial charge < -0.3 is 14.7 Å². The Hall–Kier alpha value is -1.63. The number of hydrogen-bond donors (Lipinski definition) is 1. The summed E-state index contributed by atoms with van der Waals surface area (Å²) in [5.74, 6) is -1.60. The van der Waals surface area contributed by atoms with Crippen LogP contribution in [0.5, 0.6) is 11.5 Å². The molecule has 0 saturated carbocycles. The Morgan fingerprint density at radius 2 is 2.10 bits per heavy atom. The van der Waals surface area contributed by atoms with Crippen LogP contribution in [-0.4, -0.2) is 48.2 Å². The molecule has 0 spiro atoms. The minimum atomic E-state index is -4.55. The number of ether oxygens (including phenoxy) is 1. The van der Waals surface area contributed by atoms with Crippen molar-refractivity contribution in [3.8, 4) is 11.5 Å². The summed E-state index contributed by atoms with van der Waals surface area (Å²) in [5, 5.41) is 9.79. The largest absolute Gasteiger partial charge is 0.504 e. The molecule has 0 aliphatic rings. The van der Waals surface area contributed by atoms with Gasteiger partial charge in [-0.15, -0.1) is 11.6 Å². The van der Waals surface area contributed by atoms with Crippen molar-refractivity contribution >= 4 is 17.5 Å². The highest BCUT2D eigenvalue weighted by molar-refractivity contribution is 6.18. The zero-order chi connectivity index (χ0) is 15.3. The van der Waals surface area contributed by atoms with Gasteiger partial charge in [0.15, 0.2) is 11.5 Å². The van der Waals surface area contributed by atoms with Crippen molar-refractivity contribution < 1.29 is 27.8 Å². The van der Waals surface area contributed by atoms with E-state index in [1.54, 1.807) is 0 Å². The fourth-order valence-electron chi connectivity index (χ4n) is 1.60. The van der Waals surface area contributed by atoms with Crippen molar-refractivity contribution in [2.75, 3.05) is 26.1 Å². The summed E-state index contributed by atoms with van der Waals surface area (Å²) in [6, 6.07) is 4.01. The van der Waals surface area contributed by atoms with Crippen molar-refractivity contribution in [3.05, 3.63) is 23.8 Å². The number of halogens is 4. The molecule has 1 rings (SSSR count). The Morgan fingerprint density at radius 3 is 2.60 bits per heavy atom. The summed E-state index contributed by atoms with van der Waals surface area (Å²) in [5.41, 5.74) is -0.265. The number of carbonyl (C=O) groups excluding carboxylic acids is 1. The molecule has 8 heteroatoms. The van der Waals surface area contributed by atoms with Crippen LogP contribution in [0.2, 0.25) is 0 Å². The second-order valence-corrected chi connectivity index (χ2v) is 4.27. The summed E-state index contributed by atoms with van der Waals surface area (Å²) in [6.07, 6.45) is -4.55. The molecule has 1 N–H and O–H groups in total. The van der Waals surface area contributed by atoms with E-state index in [0.29, 0.717) is 4.90 Å². The van der Waals surface area contributed by atoms with Crippen LogP contribution in [0.3, 0.4) is 0 Å². The number of methoxy groups -OCH3 is 1. The van der Waals surface area contributed by atoms with Crippen molar-refractivity contribution in [2.24, 2.45) is 0 Å². The van der Waals surface area contributed by atoms with Crippen LogP contribution in [-0.2, 0) is 0 Å². The van der Waals surface area contributed by atoms with Gasteiger partial charge in [0.1, 0.15) is 6.54 Å². The fourth-order valence-corrected chi connectivity index (χ4v) is 1.80. The number of alkyl halides is 4. The Balaban J connectivity index is 3.06. The lowest BCUT2D eigenvalue weighted by molar-refractivity contribution is -0.140. The normalized spacial score (nSPS) is 11.2. The predicted molar refractivity (Wildman–Crippen MR) is 67.3 cm³/mol. The van der Waals surface area contributed by atoms with Crippen molar-refractivity contribution in [1.29, 1.82) is 0 Å². The maximum atomic E-state index is 12.4. The standard InChI is InChI=1S/C12H13ClF3NO3/c1-20-9-4-2-3-8(10(9)18)11(19)17(6-5-13)7-12(14,15)16/h2-4,18H,5-7H2,1H3. The summed E-state index contributed by atoms with van der Waals surface area (Å²) in [6.45, 7) is -1.72. The number of nitrogens with zero attached hydrogens (tertiary/aromatic N) is 1. The van der Waals surface area contributed by atoms with E-state index < -0.39 is 24.4 Å². The maximum Gasteiger partial charge on any atom is 0.406 e. The van der Waals surface area contributed by atoms with Crippen molar-refractivity contribution in [1.82, 2.24) is 4.90 Å². The zero-order valence-electron chi connectivity index (χ0n) is 10.6. The summed E-state index contributed by atoms with van der Waals surface area (Å²) in [7, 11) is 1.27. The van der Waals surface area contributed by atoms with Crippen LogP contribution in [0.4, 0.5) is 13.2 Å². The number of rotatable bonds is 5. The molecule has 0 radical (unpaired) electrons. The lowest BCUT2D eigenvalue weighted by atomic mass is 10.1. The lowest BCUT2D eigenvalue weighted by Gasteiger charge is -2.23. The van der Waals surface area contributed by atoms with Crippen LogP contribution in [0, 0.1) is 0 Å². The highest BCUT2D eigenvalue weighted by atomic mass is 35.5. The van der Waals surface area contributed by atoms with Crippen LogP contribution in [0.1, 0.15) is 10.4 Å². The molecule has 0 aromatic heterocycles. The number of hydrogen-bond acceptors (Lipinski definition) is 3. The molecule has 0 aliphatic heterocycles. The van der Waals surface area contributed by atoms with Gasteiger partial charge in [0.2, 0.25) is 0 Å². The first-order valence-electron chi connectivity index (χ1n) is 5.58. The van der Waals surface area contributed by atoms with Gasteiger partial charge in [0.25, 0.3) is 5.91 Å². The topological polar surface area (TPSA) is 49.8 Å². The van der Waals surface area contributed by atoms with Gasteiger partial charge in [0, 0.05) is 12.4 Å². The molecule has 20 heavy (non-hydrogen) atoms. The number of para-hydroxylation sites is 1. The third-order valence-corrected chi connectivity index (χ3v) is 2.63. The Bertz CT molecular complexity index is 480. The number of carbonyl (C=O) groups is 1. The SMILES string of the molecule is COc1cccc(C(=O)N(CCCl)CC(F)(F)F)c1O. The van der Waals surface area contributed by atoms with Gasteiger partial charge in [-0.3, -0.25) is 4.79 Å². The number of phenols is 1. The molecule has 0 unspecified atom stereocenters. The van der Waals surface area contributed by atoms with Gasteiger partial charge in [0.05, 0.1) is 12.7 Å². The fraction of sp³-hybridized carbons (Fsp3) is 0.417. The molecule has 1 aromatic rings. The third-order valence-electron chi connectivity index (χ3n) is 2.46. The van der Waals surface area contributed by atoms with E-state index in [1.807, 2.05) is 0 Å². The smallest absolute Gasteiger partial charge is 0.406 e. The van der Waals surface area contributed by atoms with E-state index in [-0.39, 0.29) is 23.7 Å². The summed E-state index contributed by atoms with van der Waals surface area (Å²) >= 11 is 5.41. The van der Waals surface area contributed by atoms with E-state index in [1.165, 1.54) is 25.3 Å². The molecule has 0 fully saturated rings. The highest BCUT2D eigenvalue weighted by Gasteiger charge is 2.34. The predicted octanol–water partition coefficient (Wildman–Crippen LogP) is 2.64. The van der Waals surface area contributed by atoms with E-state index in [4.69, 9.17) is 16.3 Å². The van der Waals surface area contributed by atoms with E-state index in [9.17, 15) is 23.1 Å². The summed E-state index contributed by atoms with van der Waals surface area (Å²) in [4.78, 5) is 12.6. The van der Waals surface area contributed by atoms with Crippen LogP contribution < -0.4 is 4.74 Å². The van der Waals surface area contributed by atoms with E-state index in [0.717, 1.165) is 0 Å². The molecule has 0 aliphatic carbocycles. The first-order chi connectivity index (χ1) is 9.30. The molecule has 0 heterocycles. The molecule has 1 aromatic carbocycles. The second-order valence-electron chi connectivity index (χ2n) is 3.89. The van der Waals surface area contributed by atoms with Gasteiger partial charge in [-0.05, 0) is 12.1 Å². The first kappa shape index (κ1) is 16.4. The number of aromatic hydroxyl groups is 1. The molecule has 0 saturated heterocycles. The van der Waals surface area contributed by atoms with Crippen LogP contribution >= 0.6 is 11.6 Å². The average Bonchev–Trinajstić information content (AvgIpc) is 2.36. The van der Waals surface area contributed by atoms with Gasteiger partial charge in [-0.25, -0.2) is 0 Å². The van der Waals surface area contributed by atoms with E-state index in [2.05, 4.69) is 0 Å². The van der Waals surface area contributed by atoms with E-state index >= 15 is 0 Å². The van der Waals surface area contributed by atoms with Gasteiger partial charge in [-0.1, -0.05) is 6.07 Å². The number of benzene rings is 1. The number of amides is 1. The van der Waals surface area contributed by atoms with Crippen molar-refractivity contribution in [3.63, 3.8) is 0 Å². The molecule has 0 atom stereocenters. The third kappa shape index (κ3) is 4.19. The first-order valence-corrected chi connectivity index (χ1v) is 6.11. The monoisotopic (exact) mass is 311 g/mol. The highest BCUT2D eigenvalue weighted by Crippen LogP contribution is 2.30. The minimum absolute atomic E-state index is 0.00804. The van der Waals surface area contributed by atoms with Gasteiger partial charge >= 0.3 is 6.18 Å². The second kappa shape index (κ2) is 6.69. The average molecular weight is 312 g/mol. The molecule has 0 bridgehead atoms. The number of phenolic OH excluding ortho intramolecular Hbond substituents is 1. The maximum absolute atomic E-state index is 12.4. The van der Waals surface area contributed by atoms with Gasteiger partial charge in [-0.2, -0.15) is 13.2 Å². The molecular weight excluding hydrogens is 299 g/mol. The minimum Gasteiger partial charge on any atom is -0.504 e. The summed E-state index contributed by atoms with van der Waals surface area (Å²) < 4.78 is 42.1. The Labute approximate surface area is 118 Å². The molecule has 4 nitrogen and oxygen atoms in total.